The van der Waals surface area contributed by atoms with E-state index in [1.54, 1.807) is 48.5 Å². The molecule has 2 N–H and O–H groups in total. The van der Waals surface area contributed by atoms with Gasteiger partial charge in [-0.3, -0.25) is 19.3 Å². The Morgan fingerprint density at radius 1 is 1.04 bits per heavy atom. The number of halogens is 1. The van der Waals surface area contributed by atoms with Gasteiger partial charge in [0.15, 0.2) is 11.5 Å². The zero-order valence-corrected chi connectivity index (χ0v) is 15.4. The fraction of sp³-hybridized carbons (Fsp3) is 0.150. The Kier molecular flexibility index (Phi) is 5.01. The first kappa shape index (κ1) is 18.7. The van der Waals surface area contributed by atoms with Crippen LogP contribution in [0.15, 0.2) is 59.9 Å². The van der Waals surface area contributed by atoms with Crippen LogP contribution in [-0.4, -0.2) is 22.7 Å². The lowest BCUT2D eigenvalue weighted by Gasteiger charge is -2.27. The topological polar surface area (TPSA) is 86.7 Å². The van der Waals surface area contributed by atoms with Crippen LogP contribution in [0.1, 0.15) is 25.5 Å². The molecular formula is C20H17ClN2O4. The molecule has 1 heterocycles. The summed E-state index contributed by atoms with van der Waals surface area (Å²) in [7, 11) is 0. The lowest BCUT2D eigenvalue weighted by atomic mass is 9.96. The molecule has 2 aromatic carbocycles. The fourth-order valence-electron chi connectivity index (χ4n) is 3.10. The number of anilines is 2. The van der Waals surface area contributed by atoms with Gasteiger partial charge in [-0.2, -0.15) is 0 Å². The molecule has 0 spiro atoms. The van der Waals surface area contributed by atoms with Crippen LogP contribution in [0.4, 0.5) is 11.4 Å². The number of amides is 2. The molecule has 1 atom stereocenters. The van der Waals surface area contributed by atoms with Crippen molar-refractivity contribution in [3.63, 3.8) is 0 Å². The Bertz CT molecular complexity index is 949. The number of aliphatic hydroxyl groups excluding tert-OH is 1. The quantitative estimate of drug-likeness (QED) is 0.839. The number of nitrogens with zero attached hydrogens (tertiary/aromatic N) is 1. The second kappa shape index (κ2) is 7.25. The summed E-state index contributed by atoms with van der Waals surface area (Å²) >= 11 is 5.94. The van der Waals surface area contributed by atoms with Crippen molar-refractivity contribution >= 4 is 40.6 Å². The summed E-state index contributed by atoms with van der Waals surface area (Å²) in [5, 5.41) is 13.5. The molecule has 2 amide bonds. The number of ketones is 1. The molecule has 1 aliphatic rings. The number of carbonyl (C=O) groups is 3. The van der Waals surface area contributed by atoms with Crippen LogP contribution in [0.2, 0.25) is 5.02 Å². The van der Waals surface area contributed by atoms with Gasteiger partial charge in [-0.1, -0.05) is 23.7 Å². The summed E-state index contributed by atoms with van der Waals surface area (Å²) in [5.74, 6) is -1.82. The van der Waals surface area contributed by atoms with Crippen molar-refractivity contribution in [1.82, 2.24) is 0 Å². The minimum atomic E-state index is -0.765. The maximum absolute atomic E-state index is 12.7. The van der Waals surface area contributed by atoms with Gasteiger partial charge in [-0.15, -0.1) is 0 Å². The van der Waals surface area contributed by atoms with E-state index in [0.717, 1.165) is 0 Å². The highest BCUT2D eigenvalue weighted by molar-refractivity contribution is 6.30. The molecule has 138 valence electrons. The van der Waals surface area contributed by atoms with E-state index in [-0.39, 0.29) is 11.5 Å². The van der Waals surface area contributed by atoms with Crippen LogP contribution < -0.4 is 10.2 Å². The maximum Gasteiger partial charge on any atom is 0.294 e. The van der Waals surface area contributed by atoms with Crippen LogP contribution >= 0.6 is 11.6 Å². The molecule has 0 fully saturated rings. The highest BCUT2D eigenvalue weighted by atomic mass is 35.5. The molecule has 0 saturated heterocycles. The normalized spacial score (nSPS) is 16.6. The lowest BCUT2D eigenvalue weighted by Crippen LogP contribution is -2.30. The molecule has 0 aliphatic carbocycles. The van der Waals surface area contributed by atoms with Gasteiger partial charge in [0, 0.05) is 23.3 Å². The predicted molar refractivity (Wildman–Crippen MR) is 103 cm³/mol. The Balaban J connectivity index is 2.07. The second-order valence-electron chi connectivity index (χ2n) is 6.18. The van der Waals surface area contributed by atoms with Crippen LogP contribution in [0.25, 0.3) is 0 Å². The van der Waals surface area contributed by atoms with Gasteiger partial charge in [0.25, 0.3) is 5.91 Å². The van der Waals surface area contributed by atoms with E-state index in [9.17, 15) is 19.5 Å². The number of carbonyl (C=O) groups excluding carboxylic acids is 3. The standard InChI is InChI=1S/C20H17ClN2O4/c1-11(24)17-18(13-3-5-14(21)6-4-13)23(20(27)19(17)26)16-9-7-15(8-10-16)22-12(2)25/h3-10,18,26H,1-2H3,(H,22,25)/t18-/m0/s1. The molecule has 0 saturated carbocycles. The molecule has 0 radical (unpaired) electrons. The maximum atomic E-state index is 12.7. The summed E-state index contributed by atoms with van der Waals surface area (Å²) in [6.07, 6.45) is 0. The first-order valence-electron chi connectivity index (χ1n) is 8.20. The van der Waals surface area contributed by atoms with E-state index in [1.165, 1.54) is 18.7 Å². The zero-order valence-electron chi connectivity index (χ0n) is 14.7. The minimum absolute atomic E-state index is 0.0354. The van der Waals surface area contributed by atoms with Crippen molar-refractivity contribution < 1.29 is 19.5 Å². The van der Waals surface area contributed by atoms with Gasteiger partial charge in [0.2, 0.25) is 5.91 Å². The molecule has 7 heteroatoms. The third-order valence-electron chi connectivity index (χ3n) is 4.24. The third-order valence-corrected chi connectivity index (χ3v) is 4.49. The molecule has 0 bridgehead atoms. The molecule has 6 nitrogen and oxygen atoms in total. The van der Waals surface area contributed by atoms with E-state index in [4.69, 9.17) is 11.6 Å². The Labute approximate surface area is 161 Å². The molecule has 3 rings (SSSR count). The van der Waals surface area contributed by atoms with Crippen LogP contribution in [0, 0.1) is 0 Å². The van der Waals surface area contributed by atoms with Gasteiger partial charge in [0.1, 0.15) is 0 Å². The van der Waals surface area contributed by atoms with Crippen molar-refractivity contribution in [3.8, 4) is 0 Å². The number of rotatable bonds is 4. The molecule has 27 heavy (non-hydrogen) atoms. The van der Waals surface area contributed by atoms with Gasteiger partial charge >= 0.3 is 0 Å². The summed E-state index contributed by atoms with van der Waals surface area (Å²) in [6, 6.07) is 12.5. The van der Waals surface area contributed by atoms with E-state index < -0.39 is 23.5 Å². The number of nitrogens with one attached hydrogen (secondary N) is 1. The summed E-state index contributed by atoms with van der Waals surface area (Å²) in [4.78, 5) is 37.4. The van der Waals surface area contributed by atoms with E-state index in [0.29, 0.717) is 22.0 Å². The first-order chi connectivity index (χ1) is 12.8. The molecule has 0 unspecified atom stereocenters. The minimum Gasteiger partial charge on any atom is -0.503 e. The van der Waals surface area contributed by atoms with Crippen molar-refractivity contribution in [2.75, 3.05) is 10.2 Å². The number of aliphatic hydroxyl groups is 1. The van der Waals surface area contributed by atoms with Gasteiger partial charge in [-0.05, 0) is 48.9 Å². The van der Waals surface area contributed by atoms with Gasteiger partial charge in [0.05, 0.1) is 11.6 Å². The SMILES string of the molecule is CC(=O)Nc1ccc(N2C(=O)C(O)=C(C(C)=O)[C@@H]2c2ccc(Cl)cc2)cc1. The Hall–Kier alpha value is -3.12. The van der Waals surface area contributed by atoms with Crippen molar-refractivity contribution in [1.29, 1.82) is 0 Å². The first-order valence-corrected chi connectivity index (χ1v) is 8.58. The van der Waals surface area contributed by atoms with E-state index in [1.807, 2.05) is 0 Å². The average Bonchev–Trinajstić information content (AvgIpc) is 2.87. The van der Waals surface area contributed by atoms with E-state index in [2.05, 4.69) is 5.32 Å². The molecule has 0 aromatic heterocycles. The Morgan fingerprint density at radius 2 is 1.63 bits per heavy atom. The third kappa shape index (κ3) is 3.57. The number of hydrogen-bond donors (Lipinski definition) is 2. The van der Waals surface area contributed by atoms with Crippen LogP contribution in [0.5, 0.6) is 0 Å². The molecule has 1 aliphatic heterocycles. The monoisotopic (exact) mass is 384 g/mol. The predicted octanol–water partition coefficient (Wildman–Crippen LogP) is 3.79. The number of hydrogen-bond acceptors (Lipinski definition) is 4. The smallest absolute Gasteiger partial charge is 0.294 e. The number of benzene rings is 2. The highest BCUT2D eigenvalue weighted by Gasteiger charge is 2.43. The zero-order chi connectivity index (χ0) is 19.7. The van der Waals surface area contributed by atoms with Gasteiger partial charge in [-0.25, -0.2) is 0 Å². The summed E-state index contributed by atoms with van der Waals surface area (Å²) in [6.45, 7) is 2.71. The van der Waals surface area contributed by atoms with Crippen LogP contribution in [0.3, 0.4) is 0 Å². The fourth-order valence-corrected chi connectivity index (χ4v) is 3.23. The largest absolute Gasteiger partial charge is 0.503 e. The van der Waals surface area contributed by atoms with Crippen molar-refractivity contribution in [2.24, 2.45) is 0 Å². The van der Waals surface area contributed by atoms with Crippen LogP contribution in [-0.2, 0) is 14.4 Å². The summed E-state index contributed by atoms with van der Waals surface area (Å²) < 4.78 is 0. The summed E-state index contributed by atoms with van der Waals surface area (Å²) in [5.41, 5.74) is 1.74. The average molecular weight is 385 g/mol. The van der Waals surface area contributed by atoms with Crippen molar-refractivity contribution in [3.05, 3.63) is 70.4 Å². The lowest BCUT2D eigenvalue weighted by molar-refractivity contribution is -0.117. The Morgan fingerprint density at radius 3 is 2.15 bits per heavy atom. The van der Waals surface area contributed by atoms with E-state index >= 15 is 0 Å². The highest BCUT2D eigenvalue weighted by Crippen LogP contribution is 2.41. The van der Waals surface area contributed by atoms with Crippen molar-refractivity contribution in [2.45, 2.75) is 19.9 Å². The molecule has 2 aromatic rings. The second-order valence-corrected chi connectivity index (χ2v) is 6.61. The molecular weight excluding hydrogens is 368 g/mol. The number of Topliss-reactive ketones (excluding diaryl/α,β-unsaturated/α-hetero) is 1. The van der Waals surface area contributed by atoms with Gasteiger partial charge < -0.3 is 10.4 Å².